The minimum atomic E-state index is 0.529. The summed E-state index contributed by atoms with van der Waals surface area (Å²) in [5.74, 6) is 0.757. The number of nitrogens with zero attached hydrogens (tertiary/aromatic N) is 3. The maximum Gasteiger partial charge on any atom is 0.128 e. The summed E-state index contributed by atoms with van der Waals surface area (Å²) >= 11 is 3.25. The first-order chi connectivity index (χ1) is 9.90. The van der Waals surface area contributed by atoms with E-state index >= 15 is 0 Å². The molecule has 98 valence electrons. The molecule has 0 N–H and O–H groups in total. The molecule has 0 aliphatic carbocycles. The lowest BCUT2D eigenvalue weighted by molar-refractivity contribution is 1.10. The fraction of sp³-hybridized carbons (Fsp3) is 0.133. The van der Waals surface area contributed by atoms with E-state index in [9.17, 15) is 0 Å². The summed E-state index contributed by atoms with van der Waals surface area (Å²) in [7, 11) is 0. The van der Waals surface area contributed by atoms with E-state index in [1.54, 1.807) is 29.4 Å². The Hall–Kier alpha value is -1.90. The average molecular weight is 297 g/mol. The summed E-state index contributed by atoms with van der Waals surface area (Å²) < 4.78 is 0. The van der Waals surface area contributed by atoms with Crippen LogP contribution in [0.5, 0.6) is 0 Å². The van der Waals surface area contributed by atoms with Crippen LogP contribution in [0, 0.1) is 11.3 Å². The molecule has 0 amide bonds. The van der Waals surface area contributed by atoms with Crippen LogP contribution in [0.3, 0.4) is 0 Å². The van der Waals surface area contributed by atoms with E-state index < -0.39 is 0 Å². The molecule has 0 fully saturated rings. The normalized spacial score (nSPS) is 10.6. The van der Waals surface area contributed by atoms with Crippen LogP contribution < -0.4 is 0 Å². The highest BCUT2D eigenvalue weighted by Crippen LogP contribution is 2.37. The Bertz CT molecular complexity index is 760. The molecule has 2 heterocycles. The number of benzene rings is 1. The zero-order valence-electron chi connectivity index (χ0n) is 10.6. The van der Waals surface area contributed by atoms with Crippen molar-refractivity contribution in [2.45, 2.75) is 11.4 Å². The van der Waals surface area contributed by atoms with E-state index in [4.69, 9.17) is 5.26 Å². The summed E-state index contributed by atoms with van der Waals surface area (Å²) in [5.41, 5.74) is 2.35. The van der Waals surface area contributed by atoms with Gasteiger partial charge in [0.2, 0.25) is 0 Å². The molecule has 0 radical (unpaired) electrons. The maximum absolute atomic E-state index is 8.66. The Labute approximate surface area is 125 Å². The van der Waals surface area contributed by atoms with Crippen molar-refractivity contribution in [3.05, 3.63) is 42.0 Å². The predicted molar refractivity (Wildman–Crippen MR) is 83.8 cm³/mol. The molecule has 0 saturated carbocycles. The molecule has 3 aromatic rings. The second kappa shape index (κ2) is 6.04. The lowest BCUT2D eigenvalue weighted by Gasteiger charge is -2.04. The molecule has 2 aromatic heterocycles. The molecule has 0 aliphatic heterocycles. The second-order valence-electron chi connectivity index (χ2n) is 4.13. The Morgan fingerprint density at radius 2 is 2.05 bits per heavy atom. The van der Waals surface area contributed by atoms with E-state index in [2.05, 4.69) is 33.5 Å². The minimum Gasteiger partial charge on any atom is -0.229 e. The van der Waals surface area contributed by atoms with Crippen molar-refractivity contribution in [2.24, 2.45) is 0 Å². The summed E-state index contributed by atoms with van der Waals surface area (Å²) in [6, 6.07) is 12.4. The van der Waals surface area contributed by atoms with Gasteiger partial charge in [0.05, 0.1) is 11.5 Å². The molecule has 3 rings (SSSR count). The van der Waals surface area contributed by atoms with Crippen LogP contribution in [0.15, 0.2) is 47.1 Å². The third-order valence-corrected chi connectivity index (χ3v) is 4.75. The number of hydrogen-bond donors (Lipinski definition) is 0. The lowest BCUT2D eigenvalue weighted by atomic mass is 10.1. The molecular formula is C15H11N3S2. The summed E-state index contributed by atoms with van der Waals surface area (Å²) in [4.78, 5) is 9.73. The number of rotatable bonds is 4. The van der Waals surface area contributed by atoms with Gasteiger partial charge in [0.25, 0.3) is 0 Å². The van der Waals surface area contributed by atoms with Crippen LogP contribution in [-0.2, 0) is 0 Å². The number of thioether (sulfide) groups is 1. The molecule has 5 heteroatoms. The monoisotopic (exact) mass is 297 g/mol. The van der Waals surface area contributed by atoms with E-state index in [0.29, 0.717) is 6.42 Å². The molecule has 0 saturated heterocycles. The molecule has 1 aromatic carbocycles. The van der Waals surface area contributed by atoms with Crippen molar-refractivity contribution in [3.8, 4) is 17.2 Å². The third-order valence-electron chi connectivity index (χ3n) is 2.87. The van der Waals surface area contributed by atoms with Crippen molar-refractivity contribution in [2.75, 3.05) is 5.75 Å². The smallest absolute Gasteiger partial charge is 0.128 e. The van der Waals surface area contributed by atoms with E-state index in [0.717, 1.165) is 21.0 Å². The van der Waals surface area contributed by atoms with Crippen molar-refractivity contribution in [1.82, 2.24) is 9.97 Å². The number of hydrogen-bond acceptors (Lipinski definition) is 5. The summed E-state index contributed by atoms with van der Waals surface area (Å²) in [5, 5.41) is 12.9. The van der Waals surface area contributed by atoms with Gasteiger partial charge in [-0.1, -0.05) is 30.3 Å². The zero-order chi connectivity index (χ0) is 13.8. The molecule has 0 aliphatic rings. The topological polar surface area (TPSA) is 49.6 Å². The van der Waals surface area contributed by atoms with Crippen LogP contribution in [0.4, 0.5) is 0 Å². The van der Waals surface area contributed by atoms with Crippen LogP contribution in [0.25, 0.3) is 21.3 Å². The Kier molecular flexibility index (Phi) is 3.95. The molecule has 0 bridgehead atoms. The highest BCUT2D eigenvalue weighted by atomic mass is 32.2. The Morgan fingerprint density at radius 3 is 2.85 bits per heavy atom. The number of aromatic nitrogens is 2. The van der Waals surface area contributed by atoms with E-state index in [-0.39, 0.29) is 0 Å². The van der Waals surface area contributed by atoms with E-state index in [1.807, 2.05) is 18.2 Å². The third kappa shape index (κ3) is 2.53. The van der Waals surface area contributed by atoms with Gasteiger partial charge >= 0.3 is 0 Å². The van der Waals surface area contributed by atoms with Gasteiger partial charge in [-0.25, -0.2) is 9.97 Å². The molecule has 0 unspecified atom stereocenters. The maximum atomic E-state index is 8.66. The standard InChI is InChI=1S/C15H11N3S2/c16-7-4-8-19-14-13-12(11-5-2-1-3-6-11)9-20-15(13)18-10-17-14/h1-3,5-6,9-10H,4,8H2. The van der Waals surface area contributed by atoms with Crippen LogP contribution in [0.2, 0.25) is 0 Å². The molecule has 0 spiro atoms. The van der Waals surface area contributed by atoms with Gasteiger partial charge < -0.3 is 0 Å². The van der Waals surface area contributed by atoms with Gasteiger partial charge in [-0.2, -0.15) is 5.26 Å². The molecule has 3 nitrogen and oxygen atoms in total. The molecule has 0 atom stereocenters. The quantitative estimate of drug-likeness (QED) is 0.408. The Balaban J connectivity index is 2.08. The first-order valence-electron chi connectivity index (χ1n) is 6.17. The SMILES string of the molecule is N#CCCSc1ncnc2scc(-c3ccccc3)c12. The van der Waals surface area contributed by atoms with Gasteiger partial charge in [-0.05, 0) is 5.56 Å². The first-order valence-corrected chi connectivity index (χ1v) is 8.04. The van der Waals surface area contributed by atoms with Crippen molar-refractivity contribution in [1.29, 1.82) is 5.26 Å². The van der Waals surface area contributed by atoms with Crippen LogP contribution in [0.1, 0.15) is 6.42 Å². The van der Waals surface area contributed by atoms with Crippen LogP contribution in [-0.4, -0.2) is 15.7 Å². The summed E-state index contributed by atoms with van der Waals surface area (Å²) in [6.07, 6.45) is 2.13. The van der Waals surface area contributed by atoms with Crippen molar-refractivity contribution >= 4 is 33.3 Å². The fourth-order valence-corrected chi connectivity index (χ4v) is 3.82. The van der Waals surface area contributed by atoms with Gasteiger partial charge in [0.1, 0.15) is 16.2 Å². The largest absolute Gasteiger partial charge is 0.229 e. The van der Waals surface area contributed by atoms with Gasteiger partial charge in [0, 0.05) is 23.1 Å². The van der Waals surface area contributed by atoms with Gasteiger partial charge in [-0.3, -0.25) is 0 Å². The minimum absolute atomic E-state index is 0.529. The summed E-state index contributed by atoms with van der Waals surface area (Å²) in [6.45, 7) is 0. The van der Waals surface area contributed by atoms with E-state index in [1.165, 1.54) is 11.1 Å². The average Bonchev–Trinajstić information content (AvgIpc) is 2.93. The number of thiophene rings is 1. The first kappa shape index (κ1) is 13.1. The second-order valence-corrected chi connectivity index (χ2v) is 6.07. The van der Waals surface area contributed by atoms with Gasteiger partial charge in [-0.15, -0.1) is 23.1 Å². The zero-order valence-corrected chi connectivity index (χ0v) is 12.2. The van der Waals surface area contributed by atoms with Crippen molar-refractivity contribution in [3.63, 3.8) is 0 Å². The van der Waals surface area contributed by atoms with Crippen molar-refractivity contribution < 1.29 is 0 Å². The lowest BCUT2D eigenvalue weighted by Crippen LogP contribution is -1.87. The molecular weight excluding hydrogens is 286 g/mol. The van der Waals surface area contributed by atoms with Gasteiger partial charge in [0.15, 0.2) is 0 Å². The van der Waals surface area contributed by atoms with Crippen LogP contribution >= 0.6 is 23.1 Å². The molecule has 20 heavy (non-hydrogen) atoms. The fourth-order valence-electron chi connectivity index (χ4n) is 1.98. The highest BCUT2D eigenvalue weighted by molar-refractivity contribution is 7.99. The highest BCUT2D eigenvalue weighted by Gasteiger charge is 2.12. The number of fused-ring (bicyclic) bond motifs is 1. The number of nitriles is 1. The Morgan fingerprint density at radius 1 is 1.20 bits per heavy atom. The predicted octanol–water partition coefficient (Wildman–Crippen LogP) is 4.36.